The lowest BCUT2D eigenvalue weighted by Gasteiger charge is -2.14. The molecule has 0 aliphatic carbocycles. The molecular formula is C10H15ClN4O2. The molecule has 0 aromatic carbocycles. The molecule has 0 bridgehead atoms. The largest absolute Gasteiger partial charge is 0.333 e. The van der Waals surface area contributed by atoms with Crippen molar-refractivity contribution in [2.45, 2.75) is 31.8 Å². The van der Waals surface area contributed by atoms with E-state index in [2.05, 4.69) is 15.7 Å². The lowest BCUT2D eigenvalue weighted by atomic mass is 10.3. The second kappa shape index (κ2) is 6.24. The molecule has 6 nitrogen and oxygen atoms in total. The predicted octanol–water partition coefficient (Wildman–Crippen LogP) is 0.725. The van der Waals surface area contributed by atoms with Crippen molar-refractivity contribution in [2.75, 3.05) is 0 Å². The van der Waals surface area contributed by atoms with Gasteiger partial charge in [-0.2, -0.15) is 5.10 Å². The lowest BCUT2D eigenvalue weighted by molar-refractivity contribution is -0.119. The van der Waals surface area contributed by atoms with Gasteiger partial charge in [-0.15, -0.1) is 11.6 Å². The van der Waals surface area contributed by atoms with Crippen LogP contribution in [-0.2, 0) is 11.3 Å². The maximum Gasteiger partial charge on any atom is 0.321 e. The van der Waals surface area contributed by atoms with Crippen LogP contribution >= 0.6 is 11.6 Å². The molecule has 0 fully saturated rings. The molecule has 2 N–H and O–H groups in total. The van der Waals surface area contributed by atoms with Crippen molar-refractivity contribution in [3.8, 4) is 0 Å². The van der Waals surface area contributed by atoms with Crippen LogP contribution in [0.15, 0.2) is 18.5 Å². The summed E-state index contributed by atoms with van der Waals surface area (Å²) in [4.78, 5) is 22.5. The Morgan fingerprint density at radius 2 is 2.18 bits per heavy atom. The molecule has 1 heterocycles. The van der Waals surface area contributed by atoms with Gasteiger partial charge >= 0.3 is 6.03 Å². The van der Waals surface area contributed by atoms with Crippen molar-refractivity contribution in [1.82, 2.24) is 20.4 Å². The Morgan fingerprint density at radius 3 is 2.71 bits per heavy atom. The summed E-state index contributed by atoms with van der Waals surface area (Å²) in [5.74, 6) is -0.518. The van der Waals surface area contributed by atoms with E-state index in [1.807, 2.05) is 6.92 Å². The average Bonchev–Trinajstić information content (AvgIpc) is 2.69. The number of carbonyl (C=O) groups is 2. The quantitative estimate of drug-likeness (QED) is 0.782. The molecule has 1 aromatic rings. The Kier molecular flexibility index (Phi) is 4.96. The topological polar surface area (TPSA) is 76.0 Å². The maximum atomic E-state index is 11.4. The Bertz CT molecular complexity index is 378. The molecule has 2 atom stereocenters. The van der Waals surface area contributed by atoms with Crippen molar-refractivity contribution >= 4 is 23.5 Å². The number of halogens is 1. The molecule has 3 amide bonds. The van der Waals surface area contributed by atoms with Crippen LogP contribution in [0.4, 0.5) is 4.79 Å². The highest BCUT2D eigenvalue weighted by Crippen LogP contribution is 1.93. The van der Waals surface area contributed by atoms with E-state index in [0.29, 0.717) is 6.54 Å². The van der Waals surface area contributed by atoms with Crippen LogP contribution in [-0.4, -0.2) is 33.1 Å². The van der Waals surface area contributed by atoms with Crippen molar-refractivity contribution in [3.05, 3.63) is 18.5 Å². The first kappa shape index (κ1) is 13.5. The van der Waals surface area contributed by atoms with Gasteiger partial charge in [-0.25, -0.2) is 4.79 Å². The van der Waals surface area contributed by atoms with E-state index in [4.69, 9.17) is 11.6 Å². The monoisotopic (exact) mass is 258 g/mol. The molecule has 1 rings (SSSR count). The SMILES string of the molecule is CC(Cn1cccn1)NC(=O)NC(=O)C(C)Cl. The summed E-state index contributed by atoms with van der Waals surface area (Å²) in [5, 5.41) is 8.03. The lowest BCUT2D eigenvalue weighted by Crippen LogP contribution is -2.46. The number of alkyl halides is 1. The minimum Gasteiger partial charge on any atom is -0.333 e. The van der Waals surface area contributed by atoms with E-state index >= 15 is 0 Å². The molecule has 0 radical (unpaired) electrons. The molecule has 2 unspecified atom stereocenters. The molecule has 1 aromatic heterocycles. The van der Waals surface area contributed by atoms with Crippen molar-refractivity contribution in [1.29, 1.82) is 0 Å². The van der Waals surface area contributed by atoms with Crippen molar-refractivity contribution < 1.29 is 9.59 Å². The van der Waals surface area contributed by atoms with Gasteiger partial charge in [0.05, 0.1) is 6.54 Å². The highest BCUT2D eigenvalue weighted by molar-refractivity contribution is 6.31. The smallest absolute Gasteiger partial charge is 0.321 e. The second-order valence-corrected chi connectivity index (χ2v) is 4.36. The standard InChI is InChI=1S/C10H15ClN4O2/c1-7(6-15-5-3-4-12-15)13-10(17)14-9(16)8(2)11/h3-5,7-8H,6H2,1-2H3,(H2,13,14,16,17). The molecule has 17 heavy (non-hydrogen) atoms. The Hall–Kier alpha value is -1.56. The van der Waals surface area contributed by atoms with Crippen LogP contribution in [0.5, 0.6) is 0 Å². The van der Waals surface area contributed by atoms with Crippen LogP contribution in [0.3, 0.4) is 0 Å². The summed E-state index contributed by atoms with van der Waals surface area (Å²) in [6.45, 7) is 3.85. The van der Waals surface area contributed by atoms with Crippen LogP contribution in [0, 0.1) is 0 Å². The van der Waals surface area contributed by atoms with Crippen LogP contribution < -0.4 is 10.6 Å². The number of imide groups is 1. The zero-order valence-electron chi connectivity index (χ0n) is 9.68. The van der Waals surface area contributed by atoms with E-state index in [0.717, 1.165) is 0 Å². The molecular weight excluding hydrogens is 244 g/mol. The van der Waals surface area contributed by atoms with Gasteiger partial charge in [0.2, 0.25) is 5.91 Å². The summed E-state index contributed by atoms with van der Waals surface area (Å²) in [5.41, 5.74) is 0. The number of aromatic nitrogens is 2. The van der Waals surface area contributed by atoms with Gasteiger partial charge in [-0.05, 0) is 19.9 Å². The number of carbonyl (C=O) groups excluding carboxylic acids is 2. The third kappa shape index (κ3) is 4.86. The Labute approximate surface area is 104 Å². The van der Waals surface area contributed by atoms with E-state index in [1.165, 1.54) is 6.92 Å². The fourth-order valence-corrected chi connectivity index (χ4v) is 1.26. The molecule has 0 saturated carbocycles. The van der Waals surface area contributed by atoms with Gasteiger partial charge < -0.3 is 5.32 Å². The van der Waals surface area contributed by atoms with Gasteiger partial charge in [-0.1, -0.05) is 0 Å². The third-order valence-electron chi connectivity index (χ3n) is 2.00. The second-order valence-electron chi connectivity index (χ2n) is 3.71. The van der Waals surface area contributed by atoms with Crippen molar-refractivity contribution in [2.24, 2.45) is 0 Å². The Balaban J connectivity index is 2.33. The number of nitrogens with zero attached hydrogens (tertiary/aromatic N) is 2. The van der Waals surface area contributed by atoms with Crippen LogP contribution in [0.2, 0.25) is 0 Å². The van der Waals surface area contributed by atoms with Crippen molar-refractivity contribution in [3.63, 3.8) is 0 Å². The molecule has 0 aliphatic heterocycles. The Morgan fingerprint density at radius 1 is 1.47 bits per heavy atom. The van der Waals surface area contributed by atoms with Crippen LogP contribution in [0.25, 0.3) is 0 Å². The molecule has 94 valence electrons. The zero-order valence-corrected chi connectivity index (χ0v) is 10.4. The summed E-state index contributed by atoms with van der Waals surface area (Å²) >= 11 is 5.52. The number of hydrogen-bond donors (Lipinski definition) is 2. The predicted molar refractivity (Wildman–Crippen MR) is 63.7 cm³/mol. The fraction of sp³-hybridized carbons (Fsp3) is 0.500. The number of rotatable bonds is 4. The molecule has 0 saturated heterocycles. The summed E-state index contributed by atoms with van der Waals surface area (Å²) in [6.07, 6.45) is 3.45. The summed E-state index contributed by atoms with van der Waals surface area (Å²) < 4.78 is 1.69. The van der Waals surface area contributed by atoms with E-state index in [1.54, 1.807) is 23.1 Å². The maximum absolute atomic E-state index is 11.4. The number of amides is 3. The number of nitrogens with one attached hydrogen (secondary N) is 2. The van der Waals surface area contributed by atoms with Gasteiger partial charge in [-0.3, -0.25) is 14.8 Å². The van der Waals surface area contributed by atoms with Gasteiger partial charge in [0.15, 0.2) is 0 Å². The first-order valence-corrected chi connectivity index (χ1v) is 5.65. The molecule has 0 spiro atoms. The fourth-order valence-electron chi connectivity index (χ4n) is 1.21. The minimum absolute atomic E-state index is 0.145. The van der Waals surface area contributed by atoms with Gasteiger partial charge in [0, 0.05) is 18.4 Å². The first-order valence-electron chi connectivity index (χ1n) is 5.22. The van der Waals surface area contributed by atoms with Gasteiger partial charge in [0.25, 0.3) is 0 Å². The minimum atomic E-state index is -0.734. The van der Waals surface area contributed by atoms with E-state index in [9.17, 15) is 9.59 Å². The number of urea groups is 1. The average molecular weight is 259 g/mol. The normalized spacial score (nSPS) is 13.8. The van der Waals surface area contributed by atoms with E-state index < -0.39 is 17.3 Å². The summed E-state index contributed by atoms with van der Waals surface area (Å²) in [7, 11) is 0. The zero-order chi connectivity index (χ0) is 12.8. The number of hydrogen-bond acceptors (Lipinski definition) is 3. The third-order valence-corrected chi connectivity index (χ3v) is 2.19. The summed E-state index contributed by atoms with van der Waals surface area (Å²) in [6, 6.07) is 1.10. The van der Waals surface area contributed by atoms with Gasteiger partial charge in [0.1, 0.15) is 5.38 Å². The molecule has 7 heteroatoms. The first-order chi connectivity index (χ1) is 7.99. The van der Waals surface area contributed by atoms with E-state index in [-0.39, 0.29) is 6.04 Å². The van der Waals surface area contributed by atoms with Crippen LogP contribution in [0.1, 0.15) is 13.8 Å². The molecule has 0 aliphatic rings. The highest BCUT2D eigenvalue weighted by Gasteiger charge is 2.14. The highest BCUT2D eigenvalue weighted by atomic mass is 35.5.